The van der Waals surface area contributed by atoms with Crippen molar-refractivity contribution in [2.24, 2.45) is 0 Å². The molecular weight excluding hydrogens is 216 g/mol. The summed E-state index contributed by atoms with van der Waals surface area (Å²) in [5, 5.41) is 0.175. The van der Waals surface area contributed by atoms with Gasteiger partial charge >= 0.3 is 5.92 Å². The molecule has 1 N–H and O–H groups in total. The van der Waals surface area contributed by atoms with Crippen LogP contribution in [0.25, 0.3) is 10.8 Å². The van der Waals surface area contributed by atoms with Gasteiger partial charge in [0.15, 0.2) is 0 Å². The lowest BCUT2D eigenvalue weighted by atomic mass is 10.0. The van der Waals surface area contributed by atoms with Gasteiger partial charge in [0.1, 0.15) is 0 Å². The summed E-state index contributed by atoms with van der Waals surface area (Å²) in [6.45, 7) is 0. The molecule has 0 amide bonds. The molecule has 0 saturated carbocycles. The van der Waals surface area contributed by atoms with Crippen LogP contribution in [0.1, 0.15) is 5.56 Å². The molecule has 1 heterocycles. The van der Waals surface area contributed by atoms with Gasteiger partial charge in [0.05, 0.1) is 5.56 Å². The van der Waals surface area contributed by atoms with Crippen LogP contribution in [-0.4, -0.2) is 11.3 Å². The maximum Gasteiger partial charge on any atom is 0.340 e. The fourth-order valence-electron chi connectivity index (χ4n) is 1.52. The number of hydrogen-bond acceptors (Lipinski definition) is 2. The van der Waals surface area contributed by atoms with Crippen LogP contribution >= 0.6 is 0 Å². The molecule has 0 aliphatic carbocycles. The highest BCUT2D eigenvalue weighted by Crippen LogP contribution is 2.29. The molecule has 1 aromatic carbocycles. The highest BCUT2D eigenvalue weighted by atomic mass is 19.3. The van der Waals surface area contributed by atoms with Crippen molar-refractivity contribution in [1.82, 2.24) is 4.98 Å². The van der Waals surface area contributed by atoms with Gasteiger partial charge in [0, 0.05) is 11.6 Å². The maximum absolute atomic E-state index is 13.2. The maximum atomic E-state index is 13.2. The zero-order chi connectivity index (χ0) is 11.8. The van der Waals surface area contributed by atoms with E-state index >= 15 is 0 Å². The van der Waals surface area contributed by atoms with Crippen LogP contribution in [0.2, 0.25) is 0 Å². The van der Waals surface area contributed by atoms with Crippen LogP contribution in [0.15, 0.2) is 35.3 Å². The Labute approximate surface area is 88.7 Å². The standard InChI is InChI=1S/C11H6F2NO2/c12-11(13,6-15)9-5-14-10(16)8-4-2-1-3-7(8)9/h1-5H,(H,14,16). The fraction of sp³-hybridized carbons (Fsp3) is 0.0909. The lowest BCUT2D eigenvalue weighted by Crippen LogP contribution is -2.18. The predicted molar refractivity (Wildman–Crippen MR) is 54.2 cm³/mol. The Morgan fingerprint density at radius 2 is 1.81 bits per heavy atom. The topological polar surface area (TPSA) is 49.9 Å². The lowest BCUT2D eigenvalue weighted by Gasteiger charge is -2.10. The minimum absolute atomic E-state index is 0.0552. The Hall–Kier alpha value is -2.04. The molecule has 0 spiro atoms. The Bertz CT molecular complexity index is 604. The van der Waals surface area contributed by atoms with Crippen molar-refractivity contribution in [3.05, 3.63) is 46.4 Å². The summed E-state index contributed by atoms with van der Waals surface area (Å²) in [7, 11) is 0. The molecule has 2 rings (SSSR count). The molecule has 16 heavy (non-hydrogen) atoms. The zero-order valence-electron chi connectivity index (χ0n) is 7.96. The first kappa shape index (κ1) is 10.5. The summed E-state index contributed by atoms with van der Waals surface area (Å²) in [5.74, 6) is -3.72. The molecule has 0 saturated heterocycles. The number of aromatic amines is 1. The Morgan fingerprint density at radius 1 is 1.19 bits per heavy atom. The number of alkyl halides is 2. The number of aromatic nitrogens is 1. The minimum Gasteiger partial charge on any atom is -0.328 e. The van der Waals surface area contributed by atoms with Gasteiger partial charge in [-0.3, -0.25) is 9.59 Å². The van der Waals surface area contributed by atoms with E-state index in [2.05, 4.69) is 4.98 Å². The fourth-order valence-corrected chi connectivity index (χ4v) is 1.52. The predicted octanol–water partition coefficient (Wildman–Crippen LogP) is 1.73. The Balaban J connectivity index is 2.88. The number of rotatable bonds is 2. The van der Waals surface area contributed by atoms with Crippen molar-refractivity contribution in [2.75, 3.05) is 0 Å². The Morgan fingerprint density at radius 3 is 2.44 bits per heavy atom. The van der Waals surface area contributed by atoms with E-state index < -0.39 is 17.0 Å². The van der Waals surface area contributed by atoms with Gasteiger partial charge in [-0.1, -0.05) is 18.2 Å². The molecule has 3 nitrogen and oxygen atoms in total. The normalized spacial score (nSPS) is 11.6. The third kappa shape index (κ3) is 1.50. The molecule has 0 aliphatic rings. The average molecular weight is 222 g/mol. The van der Waals surface area contributed by atoms with Crippen LogP contribution < -0.4 is 5.56 Å². The second-order valence-corrected chi connectivity index (χ2v) is 3.25. The largest absolute Gasteiger partial charge is 0.340 e. The van der Waals surface area contributed by atoms with Crippen molar-refractivity contribution in [1.29, 1.82) is 0 Å². The van der Waals surface area contributed by atoms with Crippen molar-refractivity contribution in [2.45, 2.75) is 5.92 Å². The molecule has 1 radical (unpaired) electrons. The van der Waals surface area contributed by atoms with Crippen LogP contribution in [0.4, 0.5) is 8.78 Å². The summed E-state index contributed by atoms with van der Waals surface area (Å²) in [5.41, 5.74) is -1.02. The summed E-state index contributed by atoms with van der Waals surface area (Å²) in [6, 6.07) is 5.86. The molecule has 5 heteroatoms. The van der Waals surface area contributed by atoms with Crippen molar-refractivity contribution in [3.63, 3.8) is 0 Å². The molecule has 0 aliphatic heterocycles. The minimum atomic E-state index is -3.72. The van der Waals surface area contributed by atoms with E-state index in [4.69, 9.17) is 0 Å². The van der Waals surface area contributed by atoms with Gasteiger partial charge in [-0.25, -0.2) is 0 Å². The van der Waals surface area contributed by atoms with Gasteiger partial charge in [0.25, 0.3) is 11.8 Å². The molecule has 0 fully saturated rings. The number of halogens is 2. The first-order valence-electron chi connectivity index (χ1n) is 4.44. The number of pyridine rings is 1. The number of fused-ring (bicyclic) bond motifs is 1. The summed E-state index contributed by atoms with van der Waals surface area (Å²) in [6.07, 6.45) is 1.51. The summed E-state index contributed by atoms with van der Waals surface area (Å²) in [4.78, 5) is 23.7. The van der Waals surface area contributed by atoms with Crippen LogP contribution in [0.3, 0.4) is 0 Å². The Kier molecular flexibility index (Phi) is 2.30. The highest BCUT2D eigenvalue weighted by molar-refractivity contribution is 5.87. The molecule has 0 bridgehead atoms. The van der Waals surface area contributed by atoms with E-state index in [1.165, 1.54) is 18.2 Å². The van der Waals surface area contributed by atoms with Crippen LogP contribution in [0, 0.1) is 0 Å². The molecular formula is C11H6F2NO2. The van der Waals surface area contributed by atoms with E-state index in [0.29, 0.717) is 6.29 Å². The number of nitrogens with one attached hydrogen (secondary N) is 1. The first-order valence-corrected chi connectivity index (χ1v) is 4.44. The van der Waals surface area contributed by atoms with Crippen molar-refractivity contribution in [3.8, 4) is 0 Å². The second kappa shape index (κ2) is 3.52. The van der Waals surface area contributed by atoms with E-state index in [9.17, 15) is 18.4 Å². The van der Waals surface area contributed by atoms with E-state index in [0.717, 1.165) is 6.20 Å². The van der Waals surface area contributed by atoms with Gasteiger partial charge < -0.3 is 4.98 Å². The third-order valence-corrected chi connectivity index (χ3v) is 2.28. The van der Waals surface area contributed by atoms with E-state index in [1.54, 1.807) is 6.07 Å². The van der Waals surface area contributed by atoms with Crippen LogP contribution in [-0.2, 0) is 10.7 Å². The van der Waals surface area contributed by atoms with Crippen molar-refractivity contribution < 1.29 is 13.6 Å². The number of H-pyrrole nitrogens is 1. The average Bonchev–Trinajstić information content (AvgIpc) is 2.29. The second-order valence-electron chi connectivity index (χ2n) is 3.25. The molecule has 0 unspecified atom stereocenters. The van der Waals surface area contributed by atoms with Gasteiger partial charge in [-0.15, -0.1) is 0 Å². The molecule has 2 aromatic rings. The quantitative estimate of drug-likeness (QED) is 0.841. The summed E-state index contributed by atoms with van der Waals surface area (Å²) >= 11 is 0. The number of carbonyl (C=O) groups excluding carboxylic acids is 1. The van der Waals surface area contributed by atoms with E-state index in [1.807, 2.05) is 0 Å². The molecule has 0 atom stereocenters. The van der Waals surface area contributed by atoms with Gasteiger partial charge in [0.2, 0.25) is 0 Å². The van der Waals surface area contributed by atoms with Crippen LogP contribution in [0.5, 0.6) is 0 Å². The highest BCUT2D eigenvalue weighted by Gasteiger charge is 2.34. The smallest absolute Gasteiger partial charge is 0.328 e. The monoisotopic (exact) mass is 222 g/mol. The third-order valence-electron chi connectivity index (χ3n) is 2.28. The number of benzene rings is 1. The van der Waals surface area contributed by atoms with E-state index in [-0.39, 0.29) is 10.8 Å². The number of hydrogen-bond donors (Lipinski definition) is 1. The SMILES string of the molecule is O=[C]C(F)(F)c1c[nH]c(=O)c2ccccc12. The molecule has 1 aromatic heterocycles. The lowest BCUT2D eigenvalue weighted by molar-refractivity contribution is 0.0735. The van der Waals surface area contributed by atoms with Gasteiger partial charge in [-0.2, -0.15) is 8.78 Å². The zero-order valence-corrected chi connectivity index (χ0v) is 7.96. The summed E-state index contributed by atoms with van der Waals surface area (Å²) < 4.78 is 26.4. The first-order chi connectivity index (χ1) is 7.56. The van der Waals surface area contributed by atoms with Gasteiger partial charge in [-0.05, 0) is 11.5 Å². The molecule has 81 valence electrons. The van der Waals surface area contributed by atoms with Crippen molar-refractivity contribution >= 4 is 17.1 Å².